The van der Waals surface area contributed by atoms with Gasteiger partial charge in [0, 0.05) is 4.88 Å². The van der Waals surface area contributed by atoms with Crippen LogP contribution in [-0.4, -0.2) is 12.6 Å². The first-order valence-corrected chi connectivity index (χ1v) is 4.03. The molecular weight excluding hydrogens is 187 g/mol. The molecule has 1 atom stereocenters. The van der Waals surface area contributed by atoms with Gasteiger partial charge in [-0.2, -0.15) is 0 Å². The zero-order valence-electron chi connectivity index (χ0n) is 6.57. The third kappa shape index (κ3) is 1.45. The summed E-state index contributed by atoms with van der Waals surface area (Å²) >= 11 is 1.37. The first kappa shape index (κ1) is 10.2. The van der Waals surface area contributed by atoms with Gasteiger partial charge in [0.25, 0.3) is 0 Å². The van der Waals surface area contributed by atoms with Crippen molar-refractivity contribution >= 4 is 17.3 Å². The van der Waals surface area contributed by atoms with E-state index in [2.05, 4.69) is 0 Å². The maximum atomic E-state index is 10.6. The van der Waals surface area contributed by atoms with Gasteiger partial charge in [-0.05, 0) is 11.4 Å². The van der Waals surface area contributed by atoms with E-state index in [1.54, 1.807) is 12.1 Å². The standard InChI is InChI=1S/C7H6O3S.Na/c8-6(9)7(4-10-7)5-2-1-3-11-5;/h1-3H,4H2,(H,8,9);/q;+1/p-1. The molecule has 2 heterocycles. The average molecular weight is 192 g/mol. The Labute approximate surface area is 95.6 Å². The minimum Gasteiger partial charge on any atom is -0.546 e. The molecule has 0 amide bonds. The van der Waals surface area contributed by atoms with Crippen LogP contribution in [-0.2, 0) is 15.1 Å². The number of epoxide rings is 1. The van der Waals surface area contributed by atoms with Gasteiger partial charge in [-0.25, -0.2) is 0 Å². The Morgan fingerprint density at radius 1 is 1.75 bits per heavy atom. The van der Waals surface area contributed by atoms with Crippen molar-refractivity contribution in [2.45, 2.75) is 5.60 Å². The predicted octanol–water partition coefficient (Wildman–Crippen LogP) is -3.27. The van der Waals surface area contributed by atoms with Crippen molar-refractivity contribution in [1.82, 2.24) is 0 Å². The summed E-state index contributed by atoms with van der Waals surface area (Å²) in [6, 6.07) is 3.54. The molecule has 1 unspecified atom stereocenters. The van der Waals surface area contributed by atoms with E-state index in [1.807, 2.05) is 5.38 Å². The fourth-order valence-electron chi connectivity index (χ4n) is 0.941. The van der Waals surface area contributed by atoms with Gasteiger partial charge in [0.15, 0.2) is 5.60 Å². The van der Waals surface area contributed by atoms with Crippen LogP contribution < -0.4 is 34.7 Å². The van der Waals surface area contributed by atoms with Gasteiger partial charge < -0.3 is 14.6 Å². The van der Waals surface area contributed by atoms with Crippen LogP contribution in [0.3, 0.4) is 0 Å². The second-order valence-electron chi connectivity index (χ2n) is 2.38. The third-order valence-corrected chi connectivity index (χ3v) is 2.69. The van der Waals surface area contributed by atoms with Crippen LogP contribution in [0.2, 0.25) is 0 Å². The van der Waals surface area contributed by atoms with Gasteiger partial charge in [-0.3, -0.25) is 0 Å². The molecule has 58 valence electrons. The summed E-state index contributed by atoms with van der Waals surface area (Å²) in [5.41, 5.74) is -1.10. The summed E-state index contributed by atoms with van der Waals surface area (Å²) in [5.74, 6) is -1.14. The average Bonchev–Trinajstić information content (AvgIpc) is 2.61. The topological polar surface area (TPSA) is 52.7 Å². The maximum Gasteiger partial charge on any atom is 1.00 e. The second-order valence-corrected chi connectivity index (χ2v) is 3.33. The van der Waals surface area contributed by atoms with E-state index in [9.17, 15) is 9.90 Å². The van der Waals surface area contributed by atoms with Crippen LogP contribution in [0, 0.1) is 0 Å². The van der Waals surface area contributed by atoms with Crippen LogP contribution in [0.4, 0.5) is 0 Å². The Morgan fingerprint density at radius 3 is 2.75 bits per heavy atom. The zero-order valence-corrected chi connectivity index (χ0v) is 9.39. The van der Waals surface area contributed by atoms with Gasteiger partial charge in [-0.1, -0.05) is 6.07 Å². The zero-order chi connectivity index (χ0) is 7.90. The molecule has 1 aromatic rings. The molecule has 3 nitrogen and oxygen atoms in total. The Morgan fingerprint density at radius 2 is 2.42 bits per heavy atom. The minimum absolute atomic E-state index is 0. The number of rotatable bonds is 2. The Hall–Kier alpha value is 0.130. The van der Waals surface area contributed by atoms with Crippen LogP contribution >= 0.6 is 11.3 Å². The van der Waals surface area contributed by atoms with Crippen LogP contribution in [0.25, 0.3) is 0 Å². The molecule has 1 aliphatic rings. The molecule has 0 saturated carbocycles. The van der Waals surface area contributed by atoms with E-state index in [0.29, 0.717) is 0 Å². The number of carbonyl (C=O) groups is 1. The number of hydrogen-bond donors (Lipinski definition) is 0. The molecule has 5 heteroatoms. The summed E-state index contributed by atoms with van der Waals surface area (Å²) in [7, 11) is 0. The van der Waals surface area contributed by atoms with Gasteiger partial charge in [-0.15, -0.1) is 11.3 Å². The Bertz CT molecular complexity index is 279. The quantitative estimate of drug-likeness (QED) is 0.365. The fraction of sp³-hybridized carbons (Fsp3) is 0.286. The number of carboxylic acid groups (broad SMARTS) is 1. The van der Waals surface area contributed by atoms with Crippen molar-refractivity contribution in [3.63, 3.8) is 0 Å². The minimum atomic E-state index is -1.14. The molecule has 0 spiro atoms. The van der Waals surface area contributed by atoms with Crippen LogP contribution in [0.5, 0.6) is 0 Å². The molecular formula is C7H5NaO3S. The fourth-order valence-corrected chi connectivity index (χ4v) is 1.79. The number of thiophene rings is 1. The molecule has 0 aromatic carbocycles. The first-order valence-electron chi connectivity index (χ1n) is 3.15. The van der Waals surface area contributed by atoms with Crippen molar-refractivity contribution in [2.75, 3.05) is 6.61 Å². The van der Waals surface area contributed by atoms with Crippen LogP contribution in [0.1, 0.15) is 4.88 Å². The van der Waals surface area contributed by atoms with Crippen molar-refractivity contribution in [1.29, 1.82) is 0 Å². The summed E-state index contributed by atoms with van der Waals surface area (Å²) in [4.78, 5) is 11.3. The van der Waals surface area contributed by atoms with Gasteiger partial charge >= 0.3 is 29.6 Å². The van der Waals surface area contributed by atoms with Crippen molar-refractivity contribution in [3.05, 3.63) is 22.4 Å². The van der Waals surface area contributed by atoms with Crippen LogP contribution in [0.15, 0.2) is 17.5 Å². The Balaban J connectivity index is 0.000000720. The van der Waals surface area contributed by atoms with Crippen molar-refractivity contribution in [3.8, 4) is 0 Å². The normalized spacial score (nSPS) is 26.0. The smallest absolute Gasteiger partial charge is 0.546 e. The van der Waals surface area contributed by atoms with E-state index >= 15 is 0 Å². The number of aliphatic carboxylic acids is 1. The molecule has 2 rings (SSSR count). The second kappa shape index (κ2) is 3.47. The van der Waals surface area contributed by atoms with Crippen molar-refractivity contribution < 1.29 is 44.2 Å². The monoisotopic (exact) mass is 192 g/mol. The number of ether oxygens (including phenoxy) is 1. The van der Waals surface area contributed by atoms with Gasteiger partial charge in [0.05, 0.1) is 12.6 Å². The summed E-state index contributed by atoms with van der Waals surface area (Å²) in [6.07, 6.45) is 0. The number of carbonyl (C=O) groups excluding carboxylic acids is 1. The van der Waals surface area contributed by atoms with E-state index in [-0.39, 0.29) is 36.2 Å². The molecule has 0 radical (unpaired) electrons. The van der Waals surface area contributed by atoms with Gasteiger partial charge in [0.2, 0.25) is 0 Å². The van der Waals surface area contributed by atoms with E-state index in [1.165, 1.54) is 11.3 Å². The summed E-state index contributed by atoms with van der Waals surface area (Å²) < 4.78 is 4.85. The molecule has 0 N–H and O–H groups in total. The SMILES string of the molecule is O=C([O-])C1(c2cccs2)CO1.[Na+]. The van der Waals surface area contributed by atoms with Gasteiger partial charge in [0.1, 0.15) is 0 Å². The molecule has 0 bridgehead atoms. The predicted molar refractivity (Wildman–Crippen MR) is 37.0 cm³/mol. The molecule has 1 aliphatic heterocycles. The first-order chi connectivity index (χ1) is 5.26. The molecule has 1 fully saturated rings. The molecule has 1 saturated heterocycles. The summed E-state index contributed by atoms with van der Waals surface area (Å²) in [6.45, 7) is 0.246. The number of hydrogen-bond acceptors (Lipinski definition) is 4. The Kier molecular flexibility index (Phi) is 2.96. The molecule has 0 aliphatic carbocycles. The van der Waals surface area contributed by atoms with E-state index in [0.717, 1.165) is 4.88 Å². The van der Waals surface area contributed by atoms with E-state index in [4.69, 9.17) is 4.74 Å². The van der Waals surface area contributed by atoms with Crippen molar-refractivity contribution in [2.24, 2.45) is 0 Å². The third-order valence-electron chi connectivity index (χ3n) is 1.68. The number of carboxylic acids is 1. The molecule has 1 aromatic heterocycles. The molecule has 12 heavy (non-hydrogen) atoms. The van der Waals surface area contributed by atoms with E-state index < -0.39 is 11.6 Å². The largest absolute Gasteiger partial charge is 1.00 e. The summed E-state index contributed by atoms with van der Waals surface area (Å²) in [5, 5.41) is 12.4. The maximum absolute atomic E-state index is 10.6.